The van der Waals surface area contributed by atoms with Gasteiger partial charge in [0.05, 0.1) is 17.2 Å². The quantitative estimate of drug-likeness (QED) is 0.765. The van der Waals surface area contributed by atoms with Gasteiger partial charge in [-0.15, -0.1) is 11.3 Å². The first-order valence-corrected chi connectivity index (χ1v) is 6.15. The molecule has 0 saturated heterocycles. The maximum Gasteiger partial charge on any atom is 0.149 e. The molecule has 1 aromatic heterocycles. The van der Waals surface area contributed by atoms with E-state index < -0.39 is 0 Å². The fourth-order valence-electron chi connectivity index (χ4n) is 1.61. The molecule has 3 nitrogen and oxygen atoms in total. The van der Waals surface area contributed by atoms with Crippen LogP contribution in [0.2, 0.25) is 0 Å². The molecule has 1 aromatic rings. The van der Waals surface area contributed by atoms with Gasteiger partial charge in [0.15, 0.2) is 0 Å². The number of Topliss-reactive ketones (excluding diaryl/α,β-unsaturated/α-hetero) is 1. The molecule has 2 rings (SSSR count). The minimum Gasteiger partial charge on any atom is -0.298 e. The standard InChI is InChI=1S/C11H16N2OS/c1-8-12-10(7-15-8)5-13(2)6-11(14)9-3-4-9/h7,9H,3-6H2,1-2H3. The molecule has 0 aromatic carbocycles. The van der Waals surface area contributed by atoms with Gasteiger partial charge in [-0.2, -0.15) is 0 Å². The zero-order chi connectivity index (χ0) is 10.8. The van der Waals surface area contributed by atoms with Crippen LogP contribution in [0, 0.1) is 12.8 Å². The molecule has 82 valence electrons. The molecule has 1 aliphatic carbocycles. The van der Waals surface area contributed by atoms with Crippen molar-refractivity contribution in [1.29, 1.82) is 0 Å². The molecule has 15 heavy (non-hydrogen) atoms. The second-order valence-electron chi connectivity index (χ2n) is 4.27. The van der Waals surface area contributed by atoms with Crippen molar-refractivity contribution in [3.63, 3.8) is 0 Å². The normalized spacial score (nSPS) is 15.9. The molecule has 0 amide bonds. The number of carbonyl (C=O) groups is 1. The van der Waals surface area contributed by atoms with Crippen molar-refractivity contribution < 1.29 is 4.79 Å². The first kappa shape index (κ1) is 10.8. The number of hydrogen-bond acceptors (Lipinski definition) is 4. The highest BCUT2D eigenvalue weighted by Gasteiger charge is 2.29. The number of nitrogens with zero attached hydrogens (tertiary/aromatic N) is 2. The van der Waals surface area contributed by atoms with E-state index in [-0.39, 0.29) is 0 Å². The van der Waals surface area contributed by atoms with Crippen LogP contribution in [0.5, 0.6) is 0 Å². The van der Waals surface area contributed by atoms with E-state index in [2.05, 4.69) is 15.3 Å². The number of aryl methyl sites for hydroxylation is 1. The van der Waals surface area contributed by atoms with E-state index in [1.54, 1.807) is 11.3 Å². The predicted octanol–water partition coefficient (Wildman–Crippen LogP) is 1.86. The Hall–Kier alpha value is -0.740. The van der Waals surface area contributed by atoms with Gasteiger partial charge < -0.3 is 0 Å². The molecule has 0 N–H and O–H groups in total. The Bertz CT molecular complexity index is 357. The van der Waals surface area contributed by atoms with Gasteiger partial charge in [-0.3, -0.25) is 9.69 Å². The van der Waals surface area contributed by atoms with Crippen LogP contribution in [-0.4, -0.2) is 29.3 Å². The van der Waals surface area contributed by atoms with Gasteiger partial charge in [0, 0.05) is 17.8 Å². The molecule has 0 aliphatic heterocycles. The van der Waals surface area contributed by atoms with E-state index in [0.29, 0.717) is 18.2 Å². The molecule has 0 atom stereocenters. The first-order chi connectivity index (χ1) is 7.15. The van der Waals surface area contributed by atoms with Crippen molar-refractivity contribution in [2.75, 3.05) is 13.6 Å². The Morgan fingerprint density at radius 3 is 2.93 bits per heavy atom. The third-order valence-electron chi connectivity index (χ3n) is 2.56. The zero-order valence-electron chi connectivity index (χ0n) is 9.19. The topological polar surface area (TPSA) is 33.2 Å². The van der Waals surface area contributed by atoms with Crippen molar-refractivity contribution in [3.8, 4) is 0 Å². The summed E-state index contributed by atoms with van der Waals surface area (Å²) < 4.78 is 0. The second-order valence-corrected chi connectivity index (χ2v) is 5.33. The summed E-state index contributed by atoms with van der Waals surface area (Å²) in [6.45, 7) is 3.35. The number of hydrogen-bond donors (Lipinski definition) is 0. The van der Waals surface area contributed by atoms with Crippen molar-refractivity contribution >= 4 is 17.1 Å². The van der Waals surface area contributed by atoms with Crippen LogP contribution in [0.25, 0.3) is 0 Å². The van der Waals surface area contributed by atoms with Crippen LogP contribution in [0.4, 0.5) is 0 Å². The number of carbonyl (C=O) groups excluding carboxylic acids is 1. The van der Waals surface area contributed by atoms with E-state index in [1.807, 2.05) is 14.0 Å². The van der Waals surface area contributed by atoms with E-state index in [9.17, 15) is 4.79 Å². The zero-order valence-corrected chi connectivity index (χ0v) is 10.0. The number of likely N-dealkylation sites (N-methyl/N-ethyl adjacent to an activating group) is 1. The number of ketones is 1. The van der Waals surface area contributed by atoms with Gasteiger partial charge in [0.1, 0.15) is 5.78 Å². The lowest BCUT2D eigenvalue weighted by atomic mass is 10.2. The average molecular weight is 224 g/mol. The summed E-state index contributed by atoms with van der Waals surface area (Å²) >= 11 is 1.66. The molecule has 0 spiro atoms. The van der Waals surface area contributed by atoms with Crippen molar-refractivity contribution in [1.82, 2.24) is 9.88 Å². The average Bonchev–Trinajstić information content (AvgIpc) is 2.92. The fourth-order valence-corrected chi connectivity index (χ4v) is 2.22. The summed E-state index contributed by atoms with van der Waals surface area (Å²) in [4.78, 5) is 18.0. The summed E-state index contributed by atoms with van der Waals surface area (Å²) in [7, 11) is 1.98. The molecule has 4 heteroatoms. The van der Waals surface area contributed by atoms with Gasteiger partial charge in [-0.25, -0.2) is 4.98 Å². The molecule has 1 fully saturated rings. The van der Waals surface area contributed by atoms with Crippen LogP contribution in [0.3, 0.4) is 0 Å². The smallest absolute Gasteiger partial charge is 0.149 e. The molecule has 1 saturated carbocycles. The monoisotopic (exact) mass is 224 g/mol. The summed E-state index contributed by atoms with van der Waals surface area (Å²) in [5.74, 6) is 0.758. The van der Waals surface area contributed by atoms with Crippen LogP contribution in [-0.2, 0) is 11.3 Å². The van der Waals surface area contributed by atoms with Gasteiger partial charge in [0.2, 0.25) is 0 Å². The highest BCUT2D eigenvalue weighted by Crippen LogP contribution is 2.29. The Labute approximate surface area is 94.1 Å². The van der Waals surface area contributed by atoms with Crippen LogP contribution >= 0.6 is 11.3 Å². The number of thiazole rings is 1. The van der Waals surface area contributed by atoms with Gasteiger partial charge in [0.25, 0.3) is 0 Å². The minimum absolute atomic E-state index is 0.365. The molecule has 0 radical (unpaired) electrons. The van der Waals surface area contributed by atoms with E-state index >= 15 is 0 Å². The first-order valence-electron chi connectivity index (χ1n) is 5.27. The van der Waals surface area contributed by atoms with E-state index in [0.717, 1.165) is 30.1 Å². The number of aromatic nitrogens is 1. The largest absolute Gasteiger partial charge is 0.298 e. The highest BCUT2D eigenvalue weighted by molar-refractivity contribution is 7.09. The molecule has 0 bridgehead atoms. The summed E-state index contributed by atoms with van der Waals surface area (Å²) in [5, 5.41) is 3.15. The molecule has 1 heterocycles. The van der Waals surface area contributed by atoms with Crippen LogP contribution < -0.4 is 0 Å². The van der Waals surface area contributed by atoms with Gasteiger partial charge in [-0.1, -0.05) is 0 Å². The Morgan fingerprint density at radius 1 is 1.67 bits per heavy atom. The van der Waals surface area contributed by atoms with Crippen molar-refractivity contribution in [2.45, 2.75) is 26.3 Å². The third-order valence-corrected chi connectivity index (χ3v) is 3.38. The highest BCUT2D eigenvalue weighted by atomic mass is 32.1. The van der Waals surface area contributed by atoms with E-state index in [1.165, 1.54) is 0 Å². The molecule has 1 aliphatic rings. The Kier molecular flexibility index (Phi) is 3.17. The summed E-state index contributed by atoms with van der Waals surface area (Å²) in [6, 6.07) is 0. The van der Waals surface area contributed by atoms with Gasteiger partial charge in [-0.05, 0) is 26.8 Å². The maximum atomic E-state index is 11.6. The lowest BCUT2D eigenvalue weighted by Crippen LogP contribution is -2.26. The van der Waals surface area contributed by atoms with Crippen LogP contribution in [0.1, 0.15) is 23.5 Å². The van der Waals surface area contributed by atoms with E-state index in [4.69, 9.17) is 0 Å². The lowest BCUT2D eigenvalue weighted by molar-refractivity contribution is -0.121. The predicted molar refractivity (Wildman–Crippen MR) is 60.9 cm³/mol. The SMILES string of the molecule is Cc1nc(CN(C)CC(=O)C2CC2)cs1. The fraction of sp³-hybridized carbons (Fsp3) is 0.636. The lowest BCUT2D eigenvalue weighted by Gasteiger charge is -2.13. The van der Waals surface area contributed by atoms with Crippen molar-refractivity contribution in [3.05, 3.63) is 16.1 Å². The Morgan fingerprint density at radius 2 is 2.40 bits per heavy atom. The Balaban J connectivity index is 1.81. The molecule has 0 unspecified atom stereocenters. The summed E-state index contributed by atoms with van der Waals surface area (Å²) in [5.41, 5.74) is 1.07. The number of rotatable bonds is 5. The van der Waals surface area contributed by atoms with Gasteiger partial charge >= 0.3 is 0 Å². The summed E-state index contributed by atoms with van der Waals surface area (Å²) in [6.07, 6.45) is 2.20. The maximum absolute atomic E-state index is 11.6. The third kappa shape index (κ3) is 3.11. The molecular formula is C11H16N2OS. The second kappa shape index (κ2) is 4.41. The minimum atomic E-state index is 0.365. The van der Waals surface area contributed by atoms with Crippen molar-refractivity contribution in [2.24, 2.45) is 5.92 Å². The molecular weight excluding hydrogens is 208 g/mol. The van der Waals surface area contributed by atoms with Crippen LogP contribution in [0.15, 0.2) is 5.38 Å².